The Bertz CT molecular complexity index is 329. The molecule has 1 aliphatic rings. The van der Waals surface area contributed by atoms with Crippen LogP contribution in [0.25, 0.3) is 0 Å². The lowest BCUT2D eigenvalue weighted by Gasteiger charge is -2.20. The Hall–Kier alpha value is -0.650. The molecule has 90 valence electrons. The first-order valence-corrected chi connectivity index (χ1v) is 6.57. The Morgan fingerprint density at radius 3 is 3.38 bits per heavy atom. The van der Waals surface area contributed by atoms with Crippen LogP contribution in [0.4, 0.5) is 5.13 Å². The van der Waals surface area contributed by atoms with Crippen molar-refractivity contribution in [2.75, 3.05) is 31.6 Å². The first-order chi connectivity index (χ1) is 7.79. The van der Waals surface area contributed by atoms with E-state index in [0.717, 1.165) is 37.8 Å². The minimum Gasteiger partial charge on any atom is -0.377 e. The lowest BCUT2D eigenvalue weighted by atomic mass is 10.4. The number of hydrogen-bond acceptors (Lipinski definition) is 5. The van der Waals surface area contributed by atoms with Gasteiger partial charge in [-0.3, -0.25) is 0 Å². The van der Waals surface area contributed by atoms with Crippen molar-refractivity contribution in [3.05, 3.63) is 11.1 Å². The van der Waals surface area contributed by atoms with E-state index in [4.69, 9.17) is 4.74 Å². The third-order valence-electron chi connectivity index (χ3n) is 2.62. The number of thiazole rings is 1. The molecule has 2 rings (SSSR count). The van der Waals surface area contributed by atoms with Gasteiger partial charge in [-0.1, -0.05) is 0 Å². The number of aromatic nitrogens is 1. The molecule has 0 radical (unpaired) electrons. The van der Waals surface area contributed by atoms with Crippen LogP contribution < -0.4 is 10.2 Å². The zero-order chi connectivity index (χ0) is 11.4. The quantitative estimate of drug-likeness (QED) is 0.870. The number of anilines is 1. The molecule has 1 N–H and O–H groups in total. The second-order valence-corrected chi connectivity index (χ2v) is 5.21. The summed E-state index contributed by atoms with van der Waals surface area (Å²) in [6.45, 7) is 5.90. The summed E-state index contributed by atoms with van der Waals surface area (Å²) in [6, 6.07) is 0. The Kier molecular flexibility index (Phi) is 4.15. The van der Waals surface area contributed by atoms with Crippen LogP contribution in [0, 0.1) is 0 Å². The first kappa shape index (κ1) is 11.8. The van der Waals surface area contributed by atoms with E-state index in [1.165, 1.54) is 4.88 Å². The van der Waals surface area contributed by atoms with Gasteiger partial charge < -0.3 is 15.0 Å². The highest BCUT2D eigenvalue weighted by Crippen LogP contribution is 2.24. The molecule has 4 nitrogen and oxygen atoms in total. The van der Waals surface area contributed by atoms with Crippen LogP contribution in [0.2, 0.25) is 0 Å². The Morgan fingerprint density at radius 2 is 2.56 bits per heavy atom. The normalized spacial score (nSPS) is 22.1. The molecule has 1 atom stereocenters. The SMILES string of the molecule is CNCc1cnc(N2CCCOC(C)C2)s1. The Labute approximate surface area is 101 Å². The molecular formula is C11H19N3OS. The highest BCUT2D eigenvalue weighted by Gasteiger charge is 2.17. The topological polar surface area (TPSA) is 37.4 Å². The second-order valence-electron chi connectivity index (χ2n) is 4.12. The fourth-order valence-electron chi connectivity index (χ4n) is 1.87. The molecule has 1 aromatic heterocycles. The molecule has 0 aliphatic carbocycles. The van der Waals surface area contributed by atoms with Crippen molar-refractivity contribution < 1.29 is 4.74 Å². The predicted molar refractivity (Wildman–Crippen MR) is 67.1 cm³/mol. The number of nitrogens with one attached hydrogen (secondary N) is 1. The molecule has 1 unspecified atom stereocenters. The van der Waals surface area contributed by atoms with Crippen LogP contribution in [0.5, 0.6) is 0 Å². The molecule has 5 heteroatoms. The molecule has 0 spiro atoms. The van der Waals surface area contributed by atoms with Crippen LogP contribution in [0.15, 0.2) is 6.20 Å². The summed E-state index contributed by atoms with van der Waals surface area (Å²) in [4.78, 5) is 8.11. The average Bonchev–Trinajstić information content (AvgIpc) is 2.61. The van der Waals surface area contributed by atoms with Crippen molar-refractivity contribution in [1.82, 2.24) is 10.3 Å². The maximum absolute atomic E-state index is 5.63. The molecule has 1 aromatic rings. The van der Waals surface area contributed by atoms with Gasteiger partial charge >= 0.3 is 0 Å². The molecule has 1 saturated heterocycles. The molecule has 0 amide bonds. The van der Waals surface area contributed by atoms with E-state index in [1.54, 1.807) is 11.3 Å². The molecule has 0 bridgehead atoms. The van der Waals surface area contributed by atoms with Crippen LogP contribution in [-0.2, 0) is 11.3 Å². The van der Waals surface area contributed by atoms with Gasteiger partial charge in [0.15, 0.2) is 5.13 Å². The van der Waals surface area contributed by atoms with Crippen LogP contribution >= 0.6 is 11.3 Å². The summed E-state index contributed by atoms with van der Waals surface area (Å²) >= 11 is 1.77. The van der Waals surface area contributed by atoms with E-state index < -0.39 is 0 Å². The highest BCUT2D eigenvalue weighted by molar-refractivity contribution is 7.15. The van der Waals surface area contributed by atoms with Gasteiger partial charge in [-0.05, 0) is 20.4 Å². The van der Waals surface area contributed by atoms with E-state index in [-0.39, 0.29) is 0 Å². The van der Waals surface area contributed by atoms with E-state index in [9.17, 15) is 0 Å². The van der Waals surface area contributed by atoms with E-state index in [1.807, 2.05) is 13.2 Å². The first-order valence-electron chi connectivity index (χ1n) is 5.75. The molecule has 16 heavy (non-hydrogen) atoms. The van der Waals surface area contributed by atoms with Gasteiger partial charge in [0.05, 0.1) is 6.10 Å². The summed E-state index contributed by atoms with van der Waals surface area (Å²) in [6.07, 6.45) is 3.36. The lowest BCUT2D eigenvalue weighted by molar-refractivity contribution is 0.0821. The smallest absolute Gasteiger partial charge is 0.185 e. The predicted octanol–water partition coefficient (Wildman–Crippen LogP) is 1.48. The van der Waals surface area contributed by atoms with Crippen molar-refractivity contribution in [1.29, 1.82) is 0 Å². The summed E-state index contributed by atoms with van der Waals surface area (Å²) in [5.41, 5.74) is 0. The molecular weight excluding hydrogens is 222 g/mol. The number of rotatable bonds is 3. The maximum Gasteiger partial charge on any atom is 0.185 e. The van der Waals surface area contributed by atoms with Gasteiger partial charge in [0.25, 0.3) is 0 Å². The van der Waals surface area contributed by atoms with E-state index >= 15 is 0 Å². The monoisotopic (exact) mass is 241 g/mol. The third-order valence-corrected chi connectivity index (χ3v) is 3.67. The molecule has 0 aromatic carbocycles. The van der Waals surface area contributed by atoms with E-state index in [2.05, 4.69) is 22.1 Å². The largest absolute Gasteiger partial charge is 0.377 e. The minimum absolute atomic E-state index is 0.305. The molecule has 1 aliphatic heterocycles. The van der Waals surface area contributed by atoms with Crippen LogP contribution in [0.3, 0.4) is 0 Å². The van der Waals surface area contributed by atoms with Crippen LogP contribution in [0.1, 0.15) is 18.2 Å². The lowest BCUT2D eigenvalue weighted by Crippen LogP contribution is -2.29. The highest BCUT2D eigenvalue weighted by atomic mass is 32.1. The summed E-state index contributed by atoms with van der Waals surface area (Å²) in [7, 11) is 1.96. The summed E-state index contributed by atoms with van der Waals surface area (Å²) in [5.74, 6) is 0. The van der Waals surface area contributed by atoms with Gasteiger partial charge in [0, 0.05) is 37.3 Å². The van der Waals surface area contributed by atoms with Gasteiger partial charge in [-0.25, -0.2) is 4.98 Å². The van der Waals surface area contributed by atoms with Crippen molar-refractivity contribution in [3.8, 4) is 0 Å². The summed E-state index contributed by atoms with van der Waals surface area (Å²) < 4.78 is 5.63. The molecule has 1 fully saturated rings. The van der Waals surface area contributed by atoms with Gasteiger partial charge in [-0.15, -0.1) is 11.3 Å². The standard InChI is InChI=1S/C11H19N3OS/c1-9-8-14(4-3-5-15-9)11-13-7-10(16-11)6-12-2/h7,9,12H,3-6,8H2,1-2H3. The zero-order valence-electron chi connectivity index (χ0n) is 9.90. The van der Waals surface area contributed by atoms with Gasteiger partial charge in [0.1, 0.15) is 0 Å². The van der Waals surface area contributed by atoms with Gasteiger partial charge in [-0.2, -0.15) is 0 Å². The number of nitrogens with zero attached hydrogens (tertiary/aromatic N) is 2. The molecule has 0 saturated carbocycles. The fraction of sp³-hybridized carbons (Fsp3) is 0.727. The zero-order valence-corrected chi connectivity index (χ0v) is 10.7. The van der Waals surface area contributed by atoms with E-state index in [0.29, 0.717) is 6.10 Å². The second kappa shape index (κ2) is 5.61. The number of hydrogen-bond donors (Lipinski definition) is 1. The number of ether oxygens (including phenoxy) is 1. The third kappa shape index (κ3) is 2.93. The van der Waals surface area contributed by atoms with Crippen LogP contribution in [-0.4, -0.2) is 37.8 Å². The summed E-state index contributed by atoms with van der Waals surface area (Å²) in [5, 5.41) is 4.28. The Balaban J connectivity index is 2.03. The van der Waals surface area contributed by atoms with Crippen molar-refractivity contribution in [3.63, 3.8) is 0 Å². The maximum atomic E-state index is 5.63. The van der Waals surface area contributed by atoms with Gasteiger partial charge in [0.2, 0.25) is 0 Å². The average molecular weight is 241 g/mol. The minimum atomic E-state index is 0.305. The molecule has 2 heterocycles. The fourth-order valence-corrected chi connectivity index (χ4v) is 2.82. The van der Waals surface area contributed by atoms with Crippen molar-refractivity contribution >= 4 is 16.5 Å². The Morgan fingerprint density at radius 1 is 1.69 bits per heavy atom. The van der Waals surface area contributed by atoms with Crippen molar-refractivity contribution in [2.24, 2.45) is 0 Å². The van der Waals surface area contributed by atoms with Crippen molar-refractivity contribution in [2.45, 2.75) is 26.0 Å².